The molecule has 0 bridgehead atoms. The van der Waals surface area contributed by atoms with Gasteiger partial charge in [0.25, 0.3) is 0 Å². The van der Waals surface area contributed by atoms with Crippen molar-refractivity contribution in [1.29, 1.82) is 0 Å². The van der Waals surface area contributed by atoms with E-state index in [1.807, 2.05) is 30.3 Å². The third kappa shape index (κ3) is 6.75. The number of anilines is 1. The number of aryl methyl sites for hydroxylation is 1. The van der Waals surface area contributed by atoms with Gasteiger partial charge in [-0.15, -0.1) is 6.58 Å². The SMILES string of the molecule is C=CCC1=CC=C(C(F)(F)F)N(C(C)c2ccc(NS(C)(=O)=O)c(F)c2)[C@@H]1CCc1ccccc1. The smallest absolute Gasteiger partial charge is 0.354 e. The summed E-state index contributed by atoms with van der Waals surface area (Å²) in [7, 11) is -3.71. The van der Waals surface area contributed by atoms with Gasteiger partial charge in [0.05, 0.1) is 24.0 Å². The van der Waals surface area contributed by atoms with E-state index in [1.54, 1.807) is 13.0 Å². The zero-order valence-corrected chi connectivity index (χ0v) is 20.3. The molecule has 2 atom stereocenters. The number of alkyl halides is 3. The molecule has 0 amide bonds. The summed E-state index contributed by atoms with van der Waals surface area (Å²) in [4.78, 5) is 1.29. The molecule has 0 aromatic heterocycles. The molecule has 1 aliphatic heterocycles. The molecular weight excluding hydrogens is 480 g/mol. The number of hydrogen-bond acceptors (Lipinski definition) is 3. The second-order valence-corrected chi connectivity index (χ2v) is 10.3. The van der Waals surface area contributed by atoms with Gasteiger partial charge in [-0.2, -0.15) is 13.2 Å². The van der Waals surface area contributed by atoms with Crippen LogP contribution in [0.4, 0.5) is 23.2 Å². The summed E-state index contributed by atoms with van der Waals surface area (Å²) in [5.41, 5.74) is 1.01. The van der Waals surface area contributed by atoms with Gasteiger partial charge in [-0.3, -0.25) is 4.72 Å². The van der Waals surface area contributed by atoms with E-state index in [1.165, 1.54) is 23.1 Å². The van der Waals surface area contributed by atoms with Gasteiger partial charge in [0.1, 0.15) is 11.5 Å². The Morgan fingerprint density at radius 2 is 1.83 bits per heavy atom. The average molecular weight is 509 g/mol. The van der Waals surface area contributed by atoms with Crippen molar-refractivity contribution in [3.05, 3.63) is 102 Å². The fraction of sp³-hybridized carbons (Fsp3) is 0.308. The van der Waals surface area contributed by atoms with Crippen LogP contribution in [-0.4, -0.2) is 31.8 Å². The van der Waals surface area contributed by atoms with Crippen molar-refractivity contribution in [3.8, 4) is 0 Å². The minimum Gasteiger partial charge on any atom is -0.354 e. The fourth-order valence-corrected chi connectivity index (χ4v) is 4.89. The minimum absolute atomic E-state index is 0.262. The molecule has 1 heterocycles. The molecule has 9 heteroatoms. The standard InChI is InChI=1S/C26H28F4N2O2S/c1-4-8-20-13-16-25(26(28,29)30)32(24(20)15-11-19-9-6-5-7-10-19)18(2)21-12-14-23(22(27)17-21)31-35(3,33)34/h4-7,9-10,12-14,16-18,24,31H,1,8,11,15H2,2-3H3/t18?,24-/m1/s1. The van der Waals surface area contributed by atoms with E-state index in [4.69, 9.17) is 0 Å². The molecule has 0 spiro atoms. The first kappa shape index (κ1) is 26.5. The molecule has 1 aliphatic rings. The van der Waals surface area contributed by atoms with Crippen molar-refractivity contribution in [2.75, 3.05) is 11.0 Å². The molecule has 0 radical (unpaired) electrons. The number of halogens is 4. The van der Waals surface area contributed by atoms with Crippen LogP contribution in [0.1, 0.15) is 36.9 Å². The molecule has 35 heavy (non-hydrogen) atoms. The molecule has 3 rings (SSSR count). The summed E-state index contributed by atoms with van der Waals surface area (Å²) in [5, 5.41) is 0. The lowest BCUT2D eigenvalue weighted by molar-refractivity contribution is -0.119. The highest BCUT2D eigenvalue weighted by Gasteiger charge is 2.44. The van der Waals surface area contributed by atoms with Crippen molar-refractivity contribution in [1.82, 2.24) is 4.90 Å². The number of allylic oxidation sites excluding steroid dienone is 4. The monoisotopic (exact) mass is 508 g/mol. The summed E-state index contributed by atoms with van der Waals surface area (Å²) in [5.74, 6) is -0.864. The van der Waals surface area contributed by atoms with Crippen LogP contribution in [0.3, 0.4) is 0 Å². The molecule has 4 nitrogen and oxygen atoms in total. The van der Waals surface area contributed by atoms with Gasteiger partial charge >= 0.3 is 6.18 Å². The van der Waals surface area contributed by atoms with Crippen LogP contribution in [0.25, 0.3) is 0 Å². The van der Waals surface area contributed by atoms with Crippen molar-refractivity contribution in [2.45, 2.75) is 44.4 Å². The summed E-state index contributed by atoms with van der Waals surface area (Å²) < 4.78 is 82.1. The predicted octanol–water partition coefficient (Wildman–Crippen LogP) is 6.52. The number of benzene rings is 2. The van der Waals surface area contributed by atoms with Crippen molar-refractivity contribution in [2.24, 2.45) is 0 Å². The Morgan fingerprint density at radius 1 is 1.14 bits per heavy atom. The second kappa shape index (κ2) is 10.7. The Balaban J connectivity index is 2.01. The average Bonchev–Trinajstić information content (AvgIpc) is 2.78. The topological polar surface area (TPSA) is 49.4 Å². The lowest BCUT2D eigenvalue weighted by Gasteiger charge is -2.44. The first-order valence-corrected chi connectivity index (χ1v) is 13.0. The number of hydrogen-bond donors (Lipinski definition) is 1. The second-order valence-electron chi connectivity index (χ2n) is 8.52. The molecular formula is C26H28F4N2O2S. The molecule has 0 aliphatic carbocycles. The van der Waals surface area contributed by atoms with E-state index >= 15 is 0 Å². The van der Waals surface area contributed by atoms with E-state index in [0.29, 0.717) is 24.8 Å². The van der Waals surface area contributed by atoms with Crippen molar-refractivity contribution >= 4 is 15.7 Å². The normalized spacial score (nSPS) is 17.4. The zero-order chi connectivity index (χ0) is 25.8. The molecule has 2 aromatic carbocycles. The highest BCUT2D eigenvalue weighted by molar-refractivity contribution is 7.92. The van der Waals surface area contributed by atoms with Gasteiger partial charge in [-0.1, -0.05) is 48.6 Å². The fourth-order valence-electron chi connectivity index (χ4n) is 4.33. The van der Waals surface area contributed by atoms with Crippen molar-refractivity contribution in [3.63, 3.8) is 0 Å². The van der Waals surface area contributed by atoms with Gasteiger partial charge in [0.15, 0.2) is 0 Å². The summed E-state index contributed by atoms with van der Waals surface area (Å²) in [6.07, 6.45) is 1.87. The van der Waals surface area contributed by atoms with Gasteiger partial charge in [0.2, 0.25) is 10.0 Å². The Kier molecular flexibility index (Phi) is 8.10. The lowest BCUT2D eigenvalue weighted by Crippen LogP contribution is -2.44. The van der Waals surface area contributed by atoms with Crippen LogP contribution in [0.15, 0.2) is 84.6 Å². The molecule has 2 aromatic rings. The zero-order valence-electron chi connectivity index (χ0n) is 19.5. The molecule has 0 saturated heterocycles. The van der Waals surface area contributed by atoms with Crippen LogP contribution in [0.2, 0.25) is 0 Å². The molecule has 0 fully saturated rings. The predicted molar refractivity (Wildman–Crippen MR) is 131 cm³/mol. The van der Waals surface area contributed by atoms with E-state index in [9.17, 15) is 26.0 Å². The highest BCUT2D eigenvalue weighted by Crippen LogP contribution is 2.42. The molecule has 0 saturated carbocycles. The third-order valence-electron chi connectivity index (χ3n) is 5.91. The number of sulfonamides is 1. The molecule has 1 N–H and O–H groups in total. The van der Waals surface area contributed by atoms with Crippen LogP contribution in [0, 0.1) is 5.82 Å². The van der Waals surface area contributed by atoms with Crippen molar-refractivity contribution < 1.29 is 26.0 Å². The van der Waals surface area contributed by atoms with E-state index in [-0.39, 0.29) is 5.69 Å². The van der Waals surface area contributed by atoms with Crippen LogP contribution in [0.5, 0.6) is 0 Å². The maximum absolute atomic E-state index is 14.7. The van der Waals surface area contributed by atoms with Crippen LogP contribution < -0.4 is 4.72 Å². The van der Waals surface area contributed by atoms with Gasteiger partial charge in [0, 0.05) is 0 Å². The van der Waals surface area contributed by atoms with Gasteiger partial charge in [-0.05, 0) is 61.1 Å². The van der Waals surface area contributed by atoms with Gasteiger partial charge < -0.3 is 4.90 Å². The largest absolute Gasteiger partial charge is 0.431 e. The quantitative estimate of drug-likeness (QED) is 0.310. The number of rotatable bonds is 9. The molecule has 188 valence electrons. The van der Waals surface area contributed by atoms with Gasteiger partial charge in [-0.25, -0.2) is 12.8 Å². The Hall–Kier alpha value is -3.07. The highest BCUT2D eigenvalue weighted by atomic mass is 32.2. The Bertz CT molecular complexity index is 1220. The maximum atomic E-state index is 14.7. The first-order valence-electron chi connectivity index (χ1n) is 11.1. The Labute approximate surface area is 203 Å². The third-order valence-corrected chi connectivity index (χ3v) is 6.50. The Morgan fingerprint density at radius 3 is 2.40 bits per heavy atom. The first-order chi connectivity index (χ1) is 16.4. The van der Waals surface area contributed by atoms with Crippen LogP contribution in [-0.2, 0) is 16.4 Å². The number of nitrogens with one attached hydrogen (secondary N) is 1. The minimum atomic E-state index is -4.62. The lowest BCUT2D eigenvalue weighted by atomic mass is 9.89. The summed E-state index contributed by atoms with van der Waals surface area (Å²) in [6, 6.07) is 11.8. The van der Waals surface area contributed by atoms with E-state index in [2.05, 4.69) is 11.3 Å². The maximum Gasteiger partial charge on any atom is 0.431 e. The summed E-state index contributed by atoms with van der Waals surface area (Å²) in [6.45, 7) is 5.33. The van der Waals surface area contributed by atoms with Crippen LogP contribution >= 0.6 is 0 Å². The van der Waals surface area contributed by atoms with E-state index < -0.39 is 39.8 Å². The summed E-state index contributed by atoms with van der Waals surface area (Å²) >= 11 is 0. The van der Waals surface area contributed by atoms with E-state index in [0.717, 1.165) is 29.5 Å². The number of nitrogens with zero attached hydrogens (tertiary/aromatic N) is 1. The molecule has 1 unspecified atom stereocenters.